The highest BCUT2D eigenvalue weighted by molar-refractivity contribution is 5.91. The summed E-state index contributed by atoms with van der Waals surface area (Å²) < 4.78 is 0. The maximum absolute atomic E-state index is 12.4. The Balaban J connectivity index is 2.35. The van der Waals surface area contributed by atoms with Gasteiger partial charge in [0.2, 0.25) is 0 Å². The zero-order chi connectivity index (χ0) is 15.8. The fraction of sp³-hybridized carbons (Fsp3) is 0.789. The summed E-state index contributed by atoms with van der Waals surface area (Å²) in [5.74, 6) is 2.08. The third-order valence-electron chi connectivity index (χ3n) is 4.75. The maximum Gasteiger partial charge on any atom is 0.157 e. The molecule has 0 aromatic carbocycles. The number of hydrogen-bond acceptors (Lipinski definition) is 2. The zero-order valence-corrected chi connectivity index (χ0v) is 14.2. The summed E-state index contributed by atoms with van der Waals surface area (Å²) in [5.41, 5.74) is 0. The van der Waals surface area contributed by atoms with Gasteiger partial charge in [-0.15, -0.1) is 0 Å². The van der Waals surface area contributed by atoms with E-state index >= 15 is 0 Å². The predicted molar refractivity (Wildman–Crippen MR) is 88.1 cm³/mol. The molecule has 0 spiro atoms. The van der Waals surface area contributed by atoms with Gasteiger partial charge in [0.15, 0.2) is 5.78 Å². The van der Waals surface area contributed by atoms with E-state index in [0.717, 1.165) is 25.2 Å². The van der Waals surface area contributed by atoms with Gasteiger partial charge in [-0.1, -0.05) is 53.0 Å². The predicted octanol–water partition coefficient (Wildman–Crippen LogP) is 4.97. The lowest BCUT2D eigenvalue weighted by Gasteiger charge is -2.28. The number of Topliss-reactive ketones (excluding diaryl/α,β-unsaturated/α-hetero) is 1. The van der Waals surface area contributed by atoms with Crippen molar-refractivity contribution >= 4 is 11.6 Å². The van der Waals surface area contributed by atoms with Gasteiger partial charge in [-0.05, 0) is 37.2 Å². The number of allylic oxidation sites excluding steroid dienone is 2. The minimum atomic E-state index is 0.0615. The highest BCUT2D eigenvalue weighted by Gasteiger charge is 2.26. The van der Waals surface area contributed by atoms with E-state index in [9.17, 15) is 9.59 Å². The van der Waals surface area contributed by atoms with Crippen LogP contribution < -0.4 is 0 Å². The van der Waals surface area contributed by atoms with Crippen LogP contribution in [-0.2, 0) is 9.59 Å². The van der Waals surface area contributed by atoms with Crippen LogP contribution in [0.15, 0.2) is 12.2 Å². The molecule has 1 saturated carbocycles. The van der Waals surface area contributed by atoms with E-state index in [0.29, 0.717) is 24.0 Å². The van der Waals surface area contributed by atoms with Crippen LogP contribution in [0.25, 0.3) is 0 Å². The van der Waals surface area contributed by atoms with E-state index in [1.807, 2.05) is 19.9 Å². The van der Waals surface area contributed by atoms with Gasteiger partial charge in [0.05, 0.1) is 0 Å². The molecule has 0 aromatic heterocycles. The quantitative estimate of drug-likeness (QED) is 0.592. The molecular weight excluding hydrogens is 260 g/mol. The van der Waals surface area contributed by atoms with E-state index in [1.165, 1.54) is 19.3 Å². The Morgan fingerprint density at radius 3 is 2.52 bits per heavy atom. The normalized spacial score (nSPS) is 24.4. The summed E-state index contributed by atoms with van der Waals surface area (Å²) in [6, 6.07) is 0. The monoisotopic (exact) mass is 292 g/mol. The smallest absolute Gasteiger partial charge is 0.157 e. The second-order valence-electron chi connectivity index (χ2n) is 7.11. The van der Waals surface area contributed by atoms with Crippen LogP contribution in [0.5, 0.6) is 0 Å². The molecule has 0 bridgehead atoms. The Labute approximate surface area is 130 Å². The largest absolute Gasteiger partial charge is 0.299 e. The summed E-state index contributed by atoms with van der Waals surface area (Å²) in [5, 5.41) is 0. The van der Waals surface area contributed by atoms with Crippen molar-refractivity contribution in [2.75, 3.05) is 0 Å². The van der Waals surface area contributed by atoms with Crippen LogP contribution in [0.2, 0.25) is 0 Å². The molecule has 2 heteroatoms. The number of carbonyl (C=O) groups excluding carboxylic acids is 2. The lowest BCUT2D eigenvalue weighted by atomic mass is 9.76. The Morgan fingerprint density at radius 2 is 1.90 bits per heavy atom. The molecule has 1 rings (SSSR count). The second-order valence-corrected chi connectivity index (χ2v) is 7.11. The first-order valence-corrected chi connectivity index (χ1v) is 8.67. The molecule has 21 heavy (non-hydrogen) atoms. The Kier molecular flexibility index (Phi) is 7.92. The number of hydrogen-bond donors (Lipinski definition) is 0. The van der Waals surface area contributed by atoms with Crippen LogP contribution >= 0.6 is 0 Å². The fourth-order valence-electron chi connectivity index (χ4n) is 3.16. The van der Waals surface area contributed by atoms with Gasteiger partial charge < -0.3 is 0 Å². The molecule has 0 heterocycles. The van der Waals surface area contributed by atoms with Crippen molar-refractivity contribution < 1.29 is 9.59 Å². The van der Waals surface area contributed by atoms with E-state index in [-0.39, 0.29) is 11.7 Å². The molecular formula is C19H32O2. The first-order chi connectivity index (χ1) is 9.93. The van der Waals surface area contributed by atoms with Crippen LogP contribution in [0.4, 0.5) is 0 Å². The minimum Gasteiger partial charge on any atom is -0.299 e. The molecule has 2 nitrogen and oxygen atoms in total. The highest BCUT2D eigenvalue weighted by Crippen LogP contribution is 2.32. The van der Waals surface area contributed by atoms with Gasteiger partial charge >= 0.3 is 0 Å². The van der Waals surface area contributed by atoms with Crippen molar-refractivity contribution in [3.63, 3.8) is 0 Å². The Hall–Kier alpha value is -0.920. The van der Waals surface area contributed by atoms with E-state index in [4.69, 9.17) is 0 Å². The molecule has 1 aliphatic rings. The maximum atomic E-state index is 12.4. The van der Waals surface area contributed by atoms with Gasteiger partial charge in [-0.3, -0.25) is 9.59 Å². The Morgan fingerprint density at radius 1 is 1.19 bits per heavy atom. The first-order valence-electron chi connectivity index (χ1n) is 8.67. The standard InChI is InChI=1S/C19H32O2/c1-5-16-9-7-10-17(13-16)19(21)12-15(4)8-6-11-18(20)14(2)3/h6,11,14-17H,5,7-10,12-13H2,1-4H3/b11-6+. The van der Waals surface area contributed by atoms with Crippen molar-refractivity contribution in [3.05, 3.63) is 12.2 Å². The van der Waals surface area contributed by atoms with Crippen molar-refractivity contribution in [3.8, 4) is 0 Å². The van der Waals surface area contributed by atoms with Crippen LogP contribution in [0.1, 0.15) is 72.6 Å². The SMILES string of the molecule is CCC1CCCC(C(=O)CC(C)C/C=C/C(=O)C(C)C)C1. The number of carbonyl (C=O) groups is 2. The topological polar surface area (TPSA) is 34.1 Å². The lowest BCUT2D eigenvalue weighted by Crippen LogP contribution is -2.24. The highest BCUT2D eigenvalue weighted by atomic mass is 16.1. The molecule has 3 atom stereocenters. The molecule has 0 N–H and O–H groups in total. The molecule has 120 valence electrons. The first kappa shape index (κ1) is 18.1. The molecule has 1 aliphatic carbocycles. The second kappa shape index (κ2) is 9.17. The summed E-state index contributed by atoms with van der Waals surface area (Å²) >= 11 is 0. The van der Waals surface area contributed by atoms with Crippen molar-refractivity contribution in [2.45, 2.75) is 72.6 Å². The summed E-state index contributed by atoms with van der Waals surface area (Å²) in [7, 11) is 0. The van der Waals surface area contributed by atoms with Crippen molar-refractivity contribution in [2.24, 2.45) is 23.7 Å². The van der Waals surface area contributed by atoms with E-state index in [1.54, 1.807) is 6.08 Å². The van der Waals surface area contributed by atoms with Crippen LogP contribution in [0, 0.1) is 23.7 Å². The number of rotatable bonds is 8. The third kappa shape index (κ3) is 6.58. The van der Waals surface area contributed by atoms with Gasteiger partial charge in [-0.2, -0.15) is 0 Å². The van der Waals surface area contributed by atoms with E-state index < -0.39 is 0 Å². The van der Waals surface area contributed by atoms with Crippen LogP contribution in [-0.4, -0.2) is 11.6 Å². The van der Waals surface area contributed by atoms with Gasteiger partial charge in [-0.25, -0.2) is 0 Å². The van der Waals surface area contributed by atoms with Crippen LogP contribution in [0.3, 0.4) is 0 Å². The molecule has 0 aromatic rings. The van der Waals surface area contributed by atoms with E-state index in [2.05, 4.69) is 13.8 Å². The molecule has 0 amide bonds. The zero-order valence-electron chi connectivity index (χ0n) is 14.2. The van der Waals surface area contributed by atoms with Gasteiger partial charge in [0.1, 0.15) is 5.78 Å². The summed E-state index contributed by atoms with van der Waals surface area (Å²) in [6.07, 6.45) is 11.0. The third-order valence-corrected chi connectivity index (χ3v) is 4.75. The molecule has 3 unspecified atom stereocenters. The van der Waals surface area contributed by atoms with Crippen molar-refractivity contribution in [1.29, 1.82) is 0 Å². The fourth-order valence-corrected chi connectivity index (χ4v) is 3.16. The lowest BCUT2D eigenvalue weighted by molar-refractivity contribution is -0.125. The Bertz CT molecular complexity index is 368. The van der Waals surface area contributed by atoms with Crippen molar-refractivity contribution in [1.82, 2.24) is 0 Å². The molecule has 1 fully saturated rings. The minimum absolute atomic E-state index is 0.0615. The van der Waals surface area contributed by atoms with Gasteiger partial charge in [0.25, 0.3) is 0 Å². The number of ketones is 2. The van der Waals surface area contributed by atoms with Gasteiger partial charge in [0, 0.05) is 18.3 Å². The molecule has 0 aliphatic heterocycles. The summed E-state index contributed by atoms with van der Waals surface area (Å²) in [6.45, 7) is 8.17. The molecule has 0 saturated heterocycles. The molecule has 0 radical (unpaired) electrons. The average molecular weight is 292 g/mol. The summed E-state index contributed by atoms with van der Waals surface area (Å²) in [4.78, 5) is 23.9. The average Bonchev–Trinajstić information content (AvgIpc) is 2.46.